The van der Waals surface area contributed by atoms with Crippen LogP contribution in [0.2, 0.25) is 5.02 Å². The van der Waals surface area contributed by atoms with Gasteiger partial charge in [0.1, 0.15) is 17.0 Å². The molecule has 1 N–H and O–H groups in total. The Morgan fingerprint density at radius 1 is 1.30 bits per heavy atom. The van der Waals surface area contributed by atoms with Gasteiger partial charge in [0.05, 0.1) is 10.7 Å². The first-order valence-corrected chi connectivity index (χ1v) is 10.2. The zero-order chi connectivity index (χ0) is 20.8. The lowest BCUT2D eigenvalue weighted by Crippen LogP contribution is -2.35. The first-order valence-electron chi connectivity index (χ1n) is 9.80. The van der Waals surface area contributed by atoms with E-state index in [1.54, 1.807) is 31.2 Å². The summed E-state index contributed by atoms with van der Waals surface area (Å²) in [6.07, 6.45) is 8.35. The number of amides is 2. The van der Waals surface area contributed by atoms with Gasteiger partial charge in [-0.2, -0.15) is 0 Å². The smallest absolute Gasteiger partial charge is 0.283 e. The van der Waals surface area contributed by atoms with Crippen molar-refractivity contribution in [2.24, 2.45) is 10.9 Å². The van der Waals surface area contributed by atoms with Gasteiger partial charge in [0.25, 0.3) is 11.8 Å². The second-order valence-electron chi connectivity index (χ2n) is 7.53. The molecule has 1 unspecified atom stereocenters. The average molecular weight is 420 g/mol. The molecule has 1 aromatic carbocycles. The Morgan fingerprint density at radius 2 is 2.13 bits per heavy atom. The number of hydrogen-bond acceptors (Lipinski definition) is 4. The van der Waals surface area contributed by atoms with E-state index in [9.17, 15) is 9.59 Å². The predicted molar refractivity (Wildman–Crippen MR) is 113 cm³/mol. The van der Waals surface area contributed by atoms with Crippen LogP contribution in [0.3, 0.4) is 0 Å². The molecule has 3 aliphatic rings. The zero-order valence-corrected chi connectivity index (χ0v) is 17.0. The van der Waals surface area contributed by atoms with Crippen molar-refractivity contribution in [3.05, 3.63) is 75.7 Å². The Hall–Kier alpha value is -3.25. The highest BCUT2D eigenvalue weighted by atomic mass is 35.5. The quantitative estimate of drug-likeness (QED) is 0.772. The number of carbonyl (C=O) groups excluding carboxylic acids is 2. The minimum Gasteiger partial charge on any atom is -0.360 e. The number of hydrogen-bond donors (Lipinski definition) is 1. The number of aryl methyl sites for hydroxylation is 1. The number of carbonyl (C=O) groups is 2. The molecule has 2 aromatic rings. The summed E-state index contributed by atoms with van der Waals surface area (Å²) < 4.78 is 5.27. The van der Waals surface area contributed by atoms with Gasteiger partial charge in [0, 0.05) is 22.8 Å². The highest BCUT2D eigenvalue weighted by Gasteiger charge is 2.34. The van der Waals surface area contributed by atoms with E-state index in [0.29, 0.717) is 27.8 Å². The Morgan fingerprint density at radius 3 is 2.97 bits per heavy atom. The predicted octanol–water partition coefficient (Wildman–Crippen LogP) is 4.56. The van der Waals surface area contributed by atoms with Gasteiger partial charge in [-0.1, -0.05) is 41.0 Å². The summed E-state index contributed by atoms with van der Waals surface area (Å²) in [4.78, 5) is 29.6. The van der Waals surface area contributed by atoms with Crippen LogP contribution in [0.4, 0.5) is 0 Å². The molecule has 2 amide bonds. The number of rotatable bonds is 2. The van der Waals surface area contributed by atoms with Crippen molar-refractivity contribution in [2.75, 3.05) is 0 Å². The van der Waals surface area contributed by atoms with Gasteiger partial charge in [0.15, 0.2) is 0 Å². The largest absolute Gasteiger partial charge is 0.360 e. The van der Waals surface area contributed by atoms with Gasteiger partial charge in [-0.25, -0.2) is 4.99 Å². The van der Waals surface area contributed by atoms with E-state index in [1.807, 2.05) is 18.2 Å². The highest BCUT2D eigenvalue weighted by molar-refractivity contribution is 6.33. The van der Waals surface area contributed by atoms with Crippen LogP contribution < -0.4 is 5.32 Å². The Kier molecular flexibility index (Phi) is 4.51. The number of aromatic nitrogens is 1. The molecule has 1 atom stereocenters. The SMILES string of the molecule is Cc1onc(-c2ccccc2Cl)c1C(=O)N=C1C=CC2C(=C1)NC(=O)C1=C2CCC1. The molecule has 0 saturated heterocycles. The maximum atomic E-state index is 13.0. The lowest BCUT2D eigenvalue weighted by atomic mass is 9.85. The minimum absolute atomic E-state index is 0.0399. The third-order valence-corrected chi connectivity index (χ3v) is 6.03. The highest BCUT2D eigenvalue weighted by Crippen LogP contribution is 2.39. The van der Waals surface area contributed by atoms with Crippen LogP contribution in [0.15, 0.2) is 68.9 Å². The van der Waals surface area contributed by atoms with Gasteiger partial charge in [-0.3, -0.25) is 9.59 Å². The molecule has 7 heteroatoms. The fourth-order valence-corrected chi connectivity index (χ4v) is 4.52. The molecule has 0 fully saturated rings. The molecule has 2 aliphatic carbocycles. The van der Waals surface area contributed by atoms with Gasteiger partial charge in [-0.15, -0.1) is 0 Å². The lowest BCUT2D eigenvalue weighted by Gasteiger charge is -2.28. The van der Waals surface area contributed by atoms with Crippen LogP contribution in [0, 0.1) is 12.8 Å². The number of aliphatic imine (C=N–C) groups is 1. The van der Waals surface area contributed by atoms with Crippen molar-refractivity contribution in [3.8, 4) is 11.3 Å². The summed E-state index contributed by atoms with van der Waals surface area (Å²) in [5, 5.41) is 7.46. The summed E-state index contributed by atoms with van der Waals surface area (Å²) in [6, 6.07) is 7.13. The van der Waals surface area contributed by atoms with Crippen LogP contribution in [-0.4, -0.2) is 22.7 Å². The summed E-state index contributed by atoms with van der Waals surface area (Å²) in [6.45, 7) is 1.67. The Balaban J connectivity index is 1.49. The number of nitrogens with zero attached hydrogens (tertiary/aromatic N) is 2. The fraction of sp³-hybridized carbons (Fsp3) is 0.217. The van der Waals surface area contributed by atoms with E-state index in [2.05, 4.69) is 15.5 Å². The van der Waals surface area contributed by atoms with Gasteiger partial charge in [0.2, 0.25) is 0 Å². The third kappa shape index (κ3) is 3.04. The molecule has 150 valence electrons. The molecule has 6 nitrogen and oxygen atoms in total. The van der Waals surface area contributed by atoms with Crippen LogP contribution in [0.1, 0.15) is 35.4 Å². The van der Waals surface area contributed by atoms with Crippen molar-refractivity contribution in [2.45, 2.75) is 26.2 Å². The summed E-state index contributed by atoms with van der Waals surface area (Å²) in [5.74, 6) is -0.0787. The molecular weight excluding hydrogens is 402 g/mol. The third-order valence-electron chi connectivity index (χ3n) is 5.70. The zero-order valence-electron chi connectivity index (χ0n) is 16.2. The number of nitrogens with one attached hydrogen (secondary N) is 1. The number of halogens is 1. The van der Waals surface area contributed by atoms with E-state index in [-0.39, 0.29) is 17.4 Å². The summed E-state index contributed by atoms with van der Waals surface area (Å²) in [5.41, 5.74) is 4.58. The van der Waals surface area contributed by atoms with Crippen molar-refractivity contribution in [1.82, 2.24) is 10.5 Å². The molecular formula is C23H18ClN3O3. The van der Waals surface area contributed by atoms with Crippen LogP contribution >= 0.6 is 11.6 Å². The first-order chi connectivity index (χ1) is 14.5. The number of benzene rings is 1. The van der Waals surface area contributed by atoms with E-state index in [0.717, 1.165) is 30.5 Å². The van der Waals surface area contributed by atoms with Gasteiger partial charge < -0.3 is 9.84 Å². The summed E-state index contributed by atoms with van der Waals surface area (Å²) >= 11 is 6.28. The topological polar surface area (TPSA) is 84.6 Å². The van der Waals surface area contributed by atoms with Crippen LogP contribution in [-0.2, 0) is 4.79 Å². The van der Waals surface area contributed by atoms with Crippen molar-refractivity contribution in [3.63, 3.8) is 0 Å². The molecule has 0 spiro atoms. The van der Waals surface area contributed by atoms with Crippen molar-refractivity contribution >= 4 is 29.1 Å². The van der Waals surface area contributed by atoms with E-state index >= 15 is 0 Å². The molecule has 5 rings (SSSR count). The second-order valence-corrected chi connectivity index (χ2v) is 7.94. The van der Waals surface area contributed by atoms with E-state index in [4.69, 9.17) is 16.1 Å². The monoisotopic (exact) mass is 419 g/mol. The molecule has 0 radical (unpaired) electrons. The molecule has 1 aromatic heterocycles. The van der Waals surface area contributed by atoms with E-state index < -0.39 is 5.91 Å². The number of fused-ring (bicyclic) bond motifs is 2. The molecule has 2 heterocycles. The standard InChI is InChI=1S/C23H18ClN3O3/c1-12-20(21(27-30-12)17-5-2-3-8-18(17)24)23(29)25-13-9-10-15-14-6-4-7-16(14)22(28)26-19(15)11-13/h2-3,5,8-11,15H,4,6-7H2,1H3,(H,26,28). The Bertz CT molecular complexity index is 1220. The summed E-state index contributed by atoms with van der Waals surface area (Å²) in [7, 11) is 0. The van der Waals surface area contributed by atoms with Crippen molar-refractivity contribution < 1.29 is 14.1 Å². The van der Waals surface area contributed by atoms with Gasteiger partial charge >= 0.3 is 0 Å². The normalized spacial score (nSPS) is 21.4. The maximum Gasteiger partial charge on any atom is 0.283 e. The van der Waals surface area contributed by atoms with Crippen LogP contribution in [0.25, 0.3) is 11.3 Å². The molecule has 0 saturated carbocycles. The lowest BCUT2D eigenvalue weighted by molar-refractivity contribution is -0.117. The minimum atomic E-state index is -0.471. The molecule has 30 heavy (non-hydrogen) atoms. The average Bonchev–Trinajstić information content (AvgIpc) is 3.36. The van der Waals surface area contributed by atoms with Gasteiger partial charge in [-0.05, 0) is 50.0 Å². The fourth-order valence-electron chi connectivity index (χ4n) is 4.29. The first kappa shape index (κ1) is 18.8. The van der Waals surface area contributed by atoms with E-state index in [1.165, 1.54) is 5.57 Å². The molecule has 1 aliphatic heterocycles. The second kappa shape index (κ2) is 7.22. The molecule has 0 bridgehead atoms. The van der Waals surface area contributed by atoms with Crippen LogP contribution in [0.5, 0.6) is 0 Å². The van der Waals surface area contributed by atoms with Crippen molar-refractivity contribution in [1.29, 1.82) is 0 Å². The number of allylic oxidation sites excluding steroid dienone is 3. The Labute approximate surface area is 178 Å². The maximum absolute atomic E-state index is 13.0.